The molecule has 0 aliphatic carbocycles. The van der Waals surface area contributed by atoms with Crippen molar-refractivity contribution in [2.45, 2.75) is 14.6 Å². The fourth-order valence-corrected chi connectivity index (χ4v) is 4.47. The Morgan fingerprint density at radius 2 is 1.37 bits per heavy atom. The van der Waals surface area contributed by atoms with Crippen molar-refractivity contribution >= 4 is 20.6 Å². The first-order valence-corrected chi connectivity index (χ1v) is 8.18. The number of alkyl halides is 1. The molecular formula is C13H11FO3S2. The maximum absolute atomic E-state index is 14.1. The third kappa shape index (κ3) is 2.90. The number of sulfone groups is 1. The SMILES string of the molecule is O=S(c1ccccc1)C(F)S(=O)(=O)c1ccccc1. The highest BCUT2D eigenvalue weighted by Gasteiger charge is 2.33. The average molecular weight is 298 g/mol. The van der Waals surface area contributed by atoms with Gasteiger partial charge in [0.05, 0.1) is 4.90 Å². The van der Waals surface area contributed by atoms with Crippen molar-refractivity contribution in [2.24, 2.45) is 0 Å². The minimum Gasteiger partial charge on any atom is -0.250 e. The van der Waals surface area contributed by atoms with Gasteiger partial charge in [-0.15, -0.1) is 0 Å². The topological polar surface area (TPSA) is 51.2 Å². The van der Waals surface area contributed by atoms with Crippen molar-refractivity contribution in [1.29, 1.82) is 0 Å². The van der Waals surface area contributed by atoms with E-state index in [9.17, 15) is 17.0 Å². The number of benzene rings is 2. The van der Waals surface area contributed by atoms with E-state index in [1.54, 1.807) is 24.3 Å². The van der Waals surface area contributed by atoms with Gasteiger partial charge in [0.1, 0.15) is 10.8 Å². The zero-order valence-electron chi connectivity index (χ0n) is 9.77. The first kappa shape index (κ1) is 13.9. The highest BCUT2D eigenvalue weighted by molar-refractivity contribution is 8.06. The number of hydrogen-bond donors (Lipinski definition) is 0. The predicted octanol–water partition coefficient (Wildman–Crippen LogP) is 2.52. The molecule has 0 saturated heterocycles. The summed E-state index contributed by atoms with van der Waals surface area (Å²) in [5.41, 5.74) is 0. The van der Waals surface area contributed by atoms with Gasteiger partial charge in [-0.05, 0) is 24.3 Å². The van der Waals surface area contributed by atoms with E-state index in [0.29, 0.717) is 0 Å². The highest BCUT2D eigenvalue weighted by Crippen LogP contribution is 2.23. The Hall–Kier alpha value is -1.53. The molecule has 0 radical (unpaired) electrons. The standard InChI is InChI=1S/C13H11FO3S2/c14-13(18(15)11-7-3-1-4-8-11)19(16,17)12-9-5-2-6-10-12/h1-10,13H. The maximum Gasteiger partial charge on any atom is 0.282 e. The third-order valence-corrected chi connectivity index (χ3v) is 6.23. The summed E-state index contributed by atoms with van der Waals surface area (Å²) >= 11 is 0. The highest BCUT2D eigenvalue weighted by atomic mass is 32.3. The molecule has 2 aromatic carbocycles. The van der Waals surface area contributed by atoms with Gasteiger partial charge in [-0.1, -0.05) is 36.4 Å². The second-order valence-corrected chi connectivity index (χ2v) is 7.50. The summed E-state index contributed by atoms with van der Waals surface area (Å²) in [4.78, 5) is -2.50. The molecule has 2 aromatic rings. The molecular weight excluding hydrogens is 287 g/mol. The lowest BCUT2D eigenvalue weighted by Gasteiger charge is -2.09. The zero-order valence-corrected chi connectivity index (χ0v) is 11.4. The smallest absolute Gasteiger partial charge is 0.250 e. The summed E-state index contributed by atoms with van der Waals surface area (Å²) in [7, 11) is -6.51. The van der Waals surface area contributed by atoms with Crippen molar-refractivity contribution in [3.8, 4) is 0 Å². The van der Waals surface area contributed by atoms with Gasteiger partial charge in [0.2, 0.25) is 9.84 Å². The van der Waals surface area contributed by atoms with Crippen LogP contribution in [0.15, 0.2) is 70.5 Å². The van der Waals surface area contributed by atoms with Crippen LogP contribution >= 0.6 is 0 Å². The van der Waals surface area contributed by atoms with Crippen molar-refractivity contribution in [1.82, 2.24) is 0 Å². The van der Waals surface area contributed by atoms with E-state index in [4.69, 9.17) is 0 Å². The quantitative estimate of drug-likeness (QED) is 0.871. The Labute approximate surface area is 113 Å². The molecule has 2 rings (SSSR count). The van der Waals surface area contributed by atoms with Crippen LogP contribution < -0.4 is 0 Å². The Morgan fingerprint density at radius 3 is 1.89 bits per heavy atom. The molecule has 0 heterocycles. The molecule has 100 valence electrons. The van der Waals surface area contributed by atoms with Crippen LogP contribution in [0.4, 0.5) is 4.39 Å². The van der Waals surface area contributed by atoms with Gasteiger partial charge in [-0.25, -0.2) is 12.8 Å². The Balaban J connectivity index is 2.35. The summed E-state index contributed by atoms with van der Waals surface area (Å²) in [5, 5.41) is 0. The number of rotatable bonds is 4. The summed E-state index contributed by atoms with van der Waals surface area (Å²) in [5.74, 6) is 0. The second kappa shape index (κ2) is 5.63. The van der Waals surface area contributed by atoms with Crippen LogP contribution in [0.2, 0.25) is 0 Å². The van der Waals surface area contributed by atoms with Gasteiger partial charge in [0, 0.05) is 4.90 Å². The normalized spacial score (nSPS) is 14.8. The number of halogens is 1. The molecule has 0 aliphatic rings. The Morgan fingerprint density at radius 1 is 0.895 bits per heavy atom. The molecule has 3 nitrogen and oxygen atoms in total. The van der Waals surface area contributed by atoms with Crippen LogP contribution in [0.25, 0.3) is 0 Å². The lowest BCUT2D eigenvalue weighted by Crippen LogP contribution is -2.21. The molecule has 0 saturated carbocycles. The molecule has 2 atom stereocenters. The van der Waals surface area contributed by atoms with E-state index in [0.717, 1.165) is 0 Å². The van der Waals surface area contributed by atoms with Crippen molar-refractivity contribution in [3.05, 3.63) is 60.7 Å². The summed E-state index contributed by atoms with van der Waals surface area (Å²) in [6.45, 7) is 0. The molecule has 6 heteroatoms. The fourth-order valence-electron chi connectivity index (χ4n) is 1.49. The van der Waals surface area contributed by atoms with Crippen molar-refractivity contribution in [3.63, 3.8) is 0 Å². The van der Waals surface area contributed by atoms with E-state index in [1.807, 2.05) is 0 Å². The largest absolute Gasteiger partial charge is 0.282 e. The number of hydrogen-bond acceptors (Lipinski definition) is 3. The van der Waals surface area contributed by atoms with Gasteiger partial charge >= 0.3 is 0 Å². The Bertz CT molecular complexity index is 670. The second-order valence-electron chi connectivity index (χ2n) is 3.74. The summed E-state index contributed by atoms with van der Waals surface area (Å²) in [6.07, 6.45) is 0. The molecule has 0 spiro atoms. The molecule has 0 N–H and O–H groups in total. The van der Waals surface area contributed by atoms with E-state index in [1.165, 1.54) is 36.4 Å². The van der Waals surface area contributed by atoms with Crippen LogP contribution in [-0.2, 0) is 20.6 Å². The van der Waals surface area contributed by atoms with Crippen LogP contribution in [0.3, 0.4) is 0 Å². The molecule has 2 unspecified atom stereocenters. The van der Waals surface area contributed by atoms with Crippen molar-refractivity contribution in [2.75, 3.05) is 0 Å². The van der Waals surface area contributed by atoms with Crippen LogP contribution in [0.5, 0.6) is 0 Å². The minimum atomic E-state index is -4.25. The van der Waals surface area contributed by atoms with E-state index in [2.05, 4.69) is 0 Å². The molecule has 19 heavy (non-hydrogen) atoms. The zero-order chi connectivity index (χ0) is 13.9. The molecule has 0 bridgehead atoms. The fraction of sp³-hybridized carbons (Fsp3) is 0.0769. The van der Waals surface area contributed by atoms with Crippen LogP contribution in [0.1, 0.15) is 0 Å². The van der Waals surface area contributed by atoms with Crippen LogP contribution in [0, 0.1) is 0 Å². The van der Waals surface area contributed by atoms with Gasteiger partial charge in [-0.3, -0.25) is 4.21 Å². The summed E-state index contributed by atoms with van der Waals surface area (Å²) in [6, 6.07) is 14.9. The first-order valence-electron chi connectivity index (χ1n) is 5.42. The summed E-state index contributed by atoms with van der Waals surface area (Å²) < 4.78 is 49.9. The minimum absolute atomic E-state index is 0.148. The molecule has 0 amide bonds. The van der Waals surface area contributed by atoms with Gasteiger partial charge in [0.15, 0.2) is 0 Å². The Kier molecular flexibility index (Phi) is 4.11. The molecule has 0 aliphatic heterocycles. The third-order valence-electron chi connectivity index (χ3n) is 2.46. The van der Waals surface area contributed by atoms with E-state index >= 15 is 0 Å². The van der Waals surface area contributed by atoms with E-state index in [-0.39, 0.29) is 9.79 Å². The first-order chi connectivity index (χ1) is 9.03. The van der Waals surface area contributed by atoms with Crippen LogP contribution in [-0.4, -0.2) is 17.5 Å². The monoisotopic (exact) mass is 298 g/mol. The van der Waals surface area contributed by atoms with E-state index < -0.39 is 25.5 Å². The van der Waals surface area contributed by atoms with Gasteiger partial charge in [-0.2, -0.15) is 0 Å². The lowest BCUT2D eigenvalue weighted by molar-refractivity contribution is 0.498. The maximum atomic E-state index is 14.1. The van der Waals surface area contributed by atoms with Crippen molar-refractivity contribution < 1.29 is 17.0 Å². The predicted molar refractivity (Wildman–Crippen MR) is 71.4 cm³/mol. The van der Waals surface area contributed by atoms with Gasteiger partial charge < -0.3 is 0 Å². The molecule has 0 aromatic heterocycles. The van der Waals surface area contributed by atoms with Gasteiger partial charge in [0.25, 0.3) is 4.84 Å². The molecule has 0 fully saturated rings. The average Bonchev–Trinajstić information content (AvgIpc) is 2.47. The lowest BCUT2D eigenvalue weighted by atomic mass is 10.4.